The molecule has 0 heterocycles. The number of ether oxygens (including phenoxy) is 2. The van der Waals surface area contributed by atoms with E-state index in [-0.39, 0.29) is 0 Å². The number of methoxy groups -OCH3 is 1. The number of hydrogen-bond donors (Lipinski definition) is 2. The van der Waals surface area contributed by atoms with Crippen LogP contribution in [0.25, 0.3) is 0 Å². The first-order chi connectivity index (χ1) is 15.2. The van der Waals surface area contributed by atoms with Gasteiger partial charge in [-0.1, -0.05) is 59.7 Å². The van der Waals surface area contributed by atoms with Gasteiger partial charge in [0, 0.05) is 0 Å². The topological polar surface area (TPSA) is 93.7 Å². The van der Waals surface area contributed by atoms with Crippen molar-refractivity contribution < 1.29 is 23.9 Å². The van der Waals surface area contributed by atoms with E-state index < -0.39 is 34.6 Å². The third-order valence-electron chi connectivity index (χ3n) is 5.42. The first-order valence-corrected chi connectivity index (χ1v) is 10.8. The molecule has 2 aromatic rings. The van der Waals surface area contributed by atoms with Crippen LogP contribution in [0.3, 0.4) is 0 Å². The van der Waals surface area contributed by atoms with E-state index in [1.54, 1.807) is 58.9 Å². The Hall–Kier alpha value is -3.35. The molecule has 2 rings (SSSR count). The molecule has 0 bridgehead atoms. The zero-order valence-corrected chi connectivity index (χ0v) is 20.7. The lowest BCUT2D eigenvalue weighted by Crippen LogP contribution is -2.61. The molecule has 2 N–H and O–H groups in total. The lowest BCUT2D eigenvalue weighted by atomic mass is 9.86. The van der Waals surface area contributed by atoms with Gasteiger partial charge < -0.3 is 20.1 Å². The van der Waals surface area contributed by atoms with Gasteiger partial charge in [-0.3, -0.25) is 4.79 Å². The molecule has 0 spiro atoms. The summed E-state index contributed by atoms with van der Waals surface area (Å²) in [5.74, 6) is -1.23. The molecular weight excluding hydrogens is 420 g/mol. The van der Waals surface area contributed by atoms with E-state index in [1.807, 2.05) is 38.1 Å². The van der Waals surface area contributed by atoms with E-state index in [0.717, 1.165) is 11.1 Å². The average Bonchev–Trinajstić information content (AvgIpc) is 2.72. The van der Waals surface area contributed by atoms with Crippen LogP contribution >= 0.6 is 0 Å². The number of aryl methyl sites for hydroxylation is 2. The average molecular weight is 455 g/mol. The molecule has 33 heavy (non-hydrogen) atoms. The summed E-state index contributed by atoms with van der Waals surface area (Å²) in [5.41, 5.74) is -0.676. The van der Waals surface area contributed by atoms with Gasteiger partial charge in [0.2, 0.25) is 0 Å². The fraction of sp³-hybridized carbons (Fsp3) is 0.423. The number of hydrogen-bond acceptors (Lipinski definition) is 5. The van der Waals surface area contributed by atoms with Crippen LogP contribution in [0.5, 0.6) is 0 Å². The Balaban J connectivity index is 2.51. The molecule has 0 saturated heterocycles. The van der Waals surface area contributed by atoms with E-state index in [1.165, 1.54) is 7.11 Å². The van der Waals surface area contributed by atoms with E-state index in [0.29, 0.717) is 11.1 Å². The lowest BCUT2D eigenvalue weighted by Gasteiger charge is -2.36. The molecule has 7 heteroatoms. The fourth-order valence-electron chi connectivity index (χ4n) is 3.34. The fourth-order valence-corrected chi connectivity index (χ4v) is 3.34. The van der Waals surface area contributed by atoms with Crippen molar-refractivity contribution in [2.24, 2.45) is 0 Å². The molecule has 0 aliphatic rings. The summed E-state index contributed by atoms with van der Waals surface area (Å²) in [5, 5.41) is 5.52. The predicted octanol–water partition coefficient (Wildman–Crippen LogP) is 4.25. The summed E-state index contributed by atoms with van der Waals surface area (Å²) in [4.78, 5) is 39.2. The molecule has 0 aliphatic heterocycles. The van der Waals surface area contributed by atoms with Crippen molar-refractivity contribution in [1.29, 1.82) is 0 Å². The molecule has 0 unspecified atom stereocenters. The molecule has 2 amide bonds. The van der Waals surface area contributed by atoms with E-state index in [2.05, 4.69) is 10.6 Å². The molecule has 0 saturated carbocycles. The number of esters is 1. The zero-order valence-electron chi connectivity index (χ0n) is 20.7. The van der Waals surface area contributed by atoms with Gasteiger partial charge in [0.1, 0.15) is 11.1 Å². The van der Waals surface area contributed by atoms with Crippen molar-refractivity contribution in [3.8, 4) is 0 Å². The minimum absolute atomic E-state index is 0.535. The molecule has 0 aromatic heterocycles. The van der Waals surface area contributed by atoms with Crippen LogP contribution in [0, 0.1) is 13.8 Å². The number of benzene rings is 2. The van der Waals surface area contributed by atoms with Gasteiger partial charge >= 0.3 is 12.1 Å². The van der Waals surface area contributed by atoms with E-state index in [9.17, 15) is 14.4 Å². The second-order valence-corrected chi connectivity index (χ2v) is 9.55. The van der Waals surface area contributed by atoms with Gasteiger partial charge in [-0.2, -0.15) is 0 Å². The van der Waals surface area contributed by atoms with Crippen LogP contribution in [0.4, 0.5) is 4.79 Å². The summed E-state index contributed by atoms with van der Waals surface area (Å²) in [6.07, 6.45) is -0.754. The molecule has 0 aliphatic carbocycles. The summed E-state index contributed by atoms with van der Waals surface area (Å²) in [6.45, 7) is 12.2. The van der Waals surface area contributed by atoms with Gasteiger partial charge in [-0.15, -0.1) is 0 Å². The van der Waals surface area contributed by atoms with Crippen molar-refractivity contribution in [3.63, 3.8) is 0 Å². The van der Waals surface area contributed by atoms with Gasteiger partial charge in [0.15, 0.2) is 5.54 Å². The second-order valence-electron chi connectivity index (χ2n) is 9.55. The Morgan fingerprint density at radius 2 is 1.12 bits per heavy atom. The molecule has 7 nitrogen and oxygen atoms in total. The number of alkyl carbamates (subject to hydrolysis) is 1. The molecule has 2 aromatic carbocycles. The van der Waals surface area contributed by atoms with Crippen molar-refractivity contribution in [2.75, 3.05) is 7.11 Å². The third kappa shape index (κ3) is 6.12. The first-order valence-electron chi connectivity index (χ1n) is 10.8. The summed E-state index contributed by atoms with van der Waals surface area (Å²) in [6, 6.07) is 14.4. The summed E-state index contributed by atoms with van der Waals surface area (Å²) >= 11 is 0. The standard InChI is InChI=1S/C26H34N2O5/c1-17-9-13-19(14-10-17)25(6,28-23(31)33-24(3,4)5)21(29)27-26(7,22(30)32-8)20-15-11-18(2)12-16-20/h9-16H,1-8H3,(H,27,29)(H,28,31)/t25-,26-/m1/s1. The maximum Gasteiger partial charge on any atom is 0.408 e. The van der Waals surface area contributed by atoms with Gasteiger partial charge in [-0.05, 0) is 59.6 Å². The molecule has 178 valence electrons. The van der Waals surface area contributed by atoms with Crippen LogP contribution in [0.2, 0.25) is 0 Å². The Kier molecular flexibility index (Phi) is 7.57. The largest absolute Gasteiger partial charge is 0.467 e. The Labute approximate surface area is 195 Å². The normalized spacial score (nSPS) is 14.9. The highest BCUT2D eigenvalue weighted by atomic mass is 16.6. The highest BCUT2D eigenvalue weighted by Crippen LogP contribution is 2.28. The Morgan fingerprint density at radius 1 is 0.697 bits per heavy atom. The maximum absolute atomic E-state index is 13.7. The highest BCUT2D eigenvalue weighted by Gasteiger charge is 2.45. The van der Waals surface area contributed by atoms with Crippen molar-refractivity contribution in [2.45, 2.75) is 65.1 Å². The second kappa shape index (κ2) is 9.65. The Bertz CT molecular complexity index is 1010. The first kappa shape index (κ1) is 25.9. The van der Waals surface area contributed by atoms with Crippen molar-refractivity contribution in [1.82, 2.24) is 10.6 Å². The maximum atomic E-state index is 13.7. The molecular formula is C26H34N2O5. The van der Waals surface area contributed by atoms with Gasteiger partial charge in [0.25, 0.3) is 5.91 Å². The third-order valence-corrected chi connectivity index (χ3v) is 5.42. The molecule has 0 radical (unpaired) electrons. The molecule has 0 fully saturated rings. The summed E-state index contributed by atoms with van der Waals surface area (Å²) < 4.78 is 10.4. The minimum Gasteiger partial charge on any atom is -0.467 e. The highest BCUT2D eigenvalue weighted by molar-refractivity contribution is 5.95. The number of nitrogens with one attached hydrogen (secondary N) is 2. The molecule has 2 atom stereocenters. The quantitative estimate of drug-likeness (QED) is 0.637. The van der Waals surface area contributed by atoms with Crippen molar-refractivity contribution in [3.05, 3.63) is 70.8 Å². The monoisotopic (exact) mass is 454 g/mol. The van der Waals surface area contributed by atoms with Crippen LogP contribution in [-0.2, 0) is 30.1 Å². The van der Waals surface area contributed by atoms with E-state index in [4.69, 9.17) is 9.47 Å². The lowest BCUT2D eigenvalue weighted by molar-refractivity contribution is -0.151. The number of amides is 2. The number of carbonyl (C=O) groups excluding carboxylic acids is 3. The summed E-state index contributed by atoms with van der Waals surface area (Å²) in [7, 11) is 1.26. The SMILES string of the molecule is COC(=O)[C@](C)(NC(=O)[C@](C)(NC(=O)OC(C)(C)C)c1ccc(C)cc1)c1ccc(C)cc1. The Morgan fingerprint density at radius 3 is 1.52 bits per heavy atom. The van der Waals surface area contributed by atoms with Crippen LogP contribution in [-0.4, -0.2) is 30.7 Å². The predicted molar refractivity (Wildman–Crippen MR) is 127 cm³/mol. The van der Waals surface area contributed by atoms with Gasteiger partial charge in [0.05, 0.1) is 7.11 Å². The number of carbonyl (C=O) groups is 3. The zero-order chi connectivity index (χ0) is 25.0. The van der Waals surface area contributed by atoms with Gasteiger partial charge in [-0.25, -0.2) is 9.59 Å². The van der Waals surface area contributed by atoms with Crippen LogP contribution in [0.15, 0.2) is 48.5 Å². The minimum atomic E-state index is -1.53. The van der Waals surface area contributed by atoms with Crippen molar-refractivity contribution >= 4 is 18.0 Å². The van der Waals surface area contributed by atoms with Crippen LogP contribution < -0.4 is 10.6 Å². The smallest absolute Gasteiger partial charge is 0.408 e. The van der Waals surface area contributed by atoms with Crippen LogP contribution in [0.1, 0.15) is 56.9 Å². The number of rotatable bonds is 6. The van der Waals surface area contributed by atoms with E-state index >= 15 is 0 Å².